The van der Waals surface area contributed by atoms with Crippen molar-refractivity contribution >= 4 is 32.9 Å². The average Bonchev–Trinajstić information content (AvgIpc) is 2.84. The van der Waals surface area contributed by atoms with Crippen molar-refractivity contribution in [3.05, 3.63) is 42.5 Å². The lowest BCUT2D eigenvalue weighted by Gasteiger charge is -2.25. The van der Waals surface area contributed by atoms with Crippen LogP contribution in [0.1, 0.15) is 5.56 Å². The standard InChI is InChI=1S/C15H18N2O2S2/c1-3-8-16-13-9-21(18,19)10-14(13)17(15(16)20)12-6-4-11(2)5-7-12/h3-7,13-14H,1,8-10H2,2H3/t13-,14-/m0/s1. The molecule has 2 saturated heterocycles. The first kappa shape index (κ1) is 14.5. The van der Waals surface area contributed by atoms with Crippen molar-refractivity contribution in [1.82, 2.24) is 4.90 Å². The highest BCUT2D eigenvalue weighted by Gasteiger charge is 2.51. The van der Waals surface area contributed by atoms with Gasteiger partial charge in [-0.3, -0.25) is 0 Å². The number of hydrogen-bond acceptors (Lipinski definition) is 3. The molecule has 0 spiro atoms. The monoisotopic (exact) mass is 322 g/mol. The summed E-state index contributed by atoms with van der Waals surface area (Å²) in [5, 5.41) is 0.698. The van der Waals surface area contributed by atoms with Crippen LogP contribution in [0, 0.1) is 6.92 Å². The number of aryl methyl sites for hydroxylation is 1. The van der Waals surface area contributed by atoms with E-state index in [1.807, 2.05) is 41.0 Å². The second kappa shape index (κ2) is 5.10. The van der Waals surface area contributed by atoms with Gasteiger partial charge >= 0.3 is 0 Å². The van der Waals surface area contributed by atoms with Crippen LogP contribution in [0.15, 0.2) is 36.9 Å². The lowest BCUT2D eigenvalue weighted by Crippen LogP contribution is -2.37. The Hall–Kier alpha value is -1.40. The summed E-state index contributed by atoms with van der Waals surface area (Å²) in [6.45, 7) is 6.36. The number of fused-ring (bicyclic) bond motifs is 1. The Morgan fingerprint density at radius 3 is 2.52 bits per heavy atom. The molecule has 2 aliphatic heterocycles. The molecule has 1 aromatic carbocycles. The van der Waals surface area contributed by atoms with Gasteiger partial charge in [0.2, 0.25) is 0 Å². The van der Waals surface area contributed by atoms with Crippen LogP contribution in [0.5, 0.6) is 0 Å². The van der Waals surface area contributed by atoms with Gasteiger partial charge in [0.1, 0.15) is 0 Å². The first-order valence-electron chi connectivity index (χ1n) is 6.91. The van der Waals surface area contributed by atoms with Crippen molar-refractivity contribution < 1.29 is 8.42 Å². The van der Waals surface area contributed by atoms with Crippen LogP contribution in [-0.4, -0.2) is 48.6 Å². The van der Waals surface area contributed by atoms with Gasteiger partial charge in [-0.25, -0.2) is 8.42 Å². The molecule has 6 heteroatoms. The second-order valence-corrected chi connectivity index (χ2v) is 8.16. The molecule has 0 radical (unpaired) electrons. The topological polar surface area (TPSA) is 40.6 Å². The van der Waals surface area contributed by atoms with Gasteiger partial charge in [-0.05, 0) is 31.3 Å². The van der Waals surface area contributed by atoms with Crippen molar-refractivity contribution in [1.29, 1.82) is 0 Å². The molecule has 2 aliphatic rings. The maximum atomic E-state index is 12.0. The number of rotatable bonds is 3. The van der Waals surface area contributed by atoms with E-state index in [-0.39, 0.29) is 23.6 Å². The van der Waals surface area contributed by atoms with E-state index in [1.165, 1.54) is 5.56 Å². The molecule has 0 aromatic heterocycles. The van der Waals surface area contributed by atoms with Crippen LogP contribution in [-0.2, 0) is 9.84 Å². The fraction of sp³-hybridized carbons (Fsp3) is 0.400. The smallest absolute Gasteiger partial charge is 0.177 e. The van der Waals surface area contributed by atoms with Gasteiger partial charge in [0.15, 0.2) is 14.9 Å². The second-order valence-electron chi connectivity index (χ2n) is 5.64. The van der Waals surface area contributed by atoms with E-state index in [1.54, 1.807) is 6.08 Å². The summed E-state index contributed by atoms with van der Waals surface area (Å²) in [5.74, 6) is 0.341. The van der Waals surface area contributed by atoms with Crippen LogP contribution in [0.2, 0.25) is 0 Å². The van der Waals surface area contributed by atoms with Crippen molar-refractivity contribution in [2.75, 3.05) is 23.0 Å². The molecule has 0 aliphatic carbocycles. The third-order valence-corrected chi connectivity index (χ3v) is 6.25. The van der Waals surface area contributed by atoms with E-state index in [0.717, 1.165) is 5.69 Å². The van der Waals surface area contributed by atoms with E-state index in [0.29, 0.717) is 11.7 Å². The third-order valence-electron chi connectivity index (χ3n) is 4.12. The highest BCUT2D eigenvalue weighted by molar-refractivity contribution is 7.91. The minimum absolute atomic E-state index is 0.0678. The van der Waals surface area contributed by atoms with Crippen molar-refractivity contribution in [2.45, 2.75) is 19.0 Å². The zero-order valence-electron chi connectivity index (χ0n) is 11.9. The molecule has 4 nitrogen and oxygen atoms in total. The Balaban J connectivity index is 2.01. The largest absolute Gasteiger partial charge is 0.339 e. The predicted octanol–water partition coefficient (Wildman–Crippen LogP) is 1.75. The molecular weight excluding hydrogens is 304 g/mol. The summed E-state index contributed by atoms with van der Waals surface area (Å²) in [4.78, 5) is 3.98. The molecular formula is C15H18N2O2S2. The number of benzene rings is 1. The summed E-state index contributed by atoms with van der Waals surface area (Å²) in [6.07, 6.45) is 1.77. The number of thiocarbonyl (C=S) groups is 1. The Kier molecular flexibility index (Phi) is 3.53. The SMILES string of the molecule is C=CCN1C(=S)N(c2ccc(C)cc2)[C@H]2CS(=O)(=O)C[C@@H]21. The molecule has 0 bridgehead atoms. The molecule has 0 N–H and O–H groups in total. The van der Waals surface area contributed by atoms with Gasteiger partial charge < -0.3 is 9.80 Å². The quantitative estimate of drug-likeness (QED) is 0.626. The van der Waals surface area contributed by atoms with Crippen LogP contribution in [0.25, 0.3) is 0 Å². The number of anilines is 1. The van der Waals surface area contributed by atoms with Gasteiger partial charge in [0.25, 0.3) is 0 Å². The van der Waals surface area contributed by atoms with Crippen molar-refractivity contribution in [3.63, 3.8) is 0 Å². The lowest BCUT2D eigenvalue weighted by molar-refractivity contribution is 0.389. The Morgan fingerprint density at radius 2 is 1.90 bits per heavy atom. The maximum Gasteiger partial charge on any atom is 0.177 e. The Morgan fingerprint density at radius 1 is 1.29 bits per heavy atom. The van der Waals surface area contributed by atoms with Gasteiger partial charge in [-0.15, -0.1) is 6.58 Å². The van der Waals surface area contributed by atoms with Crippen LogP contribution < -0.4 is 4.90 Å². The van der Waals surface area contributed by atoms with Crippen molar-refractivity contribution in [3.8, 4) is 0 Å². The minimum Gasteiger partial charge on any atom is -0.339 e. The van der Waals surface area contributed by atoms with Gasteiger partial charge in [0, 0.05) is 12.2 Å². The van der Waals surface area contributed by atoms with Crippen LogP contribution in [0.3, 0.4) is 0 Å². The van der Waals surface area contributed by atoms with Crippen LogP contribution in [0.4, 0.5) is 5.69 Å². The molecule has 2 fully saturated rings. The zero-order valence-corrected chi connectivity index (χ0v) is 13.5. The molecule has 112 valence electrons. The summed E-state index contributed by atoms with van der Waals surface area (Å²) >= 11 is 5.58. The molecule has 2 heterocycles. The summed E-state index contributed by atoms with van der Waals surface area (Å²) < 4.78 is 24.0. The molecule has 0 saturated carbocycles. The maximum absolute atomic E-state index is 12.0. The molecule has 3 rings (SSSR count). The summed E-state index contributed by atoms with van der Waals surface area (Å²) in [5.41, 5.74) is 2.13. The van der Waals surface area contributed by atoms with Crippen molar-refractivity contribution in [2.24, 2.45) is 0 Å². The average molecular weight is 322 g/mol. The fourth-order valence-corrected chi connectivity index (χ4v) is 5.54. The summed E-state index contributed by atoms with van der Waals surface area (Å²) in [7, 11) is -3.01. The number of hydrogen-bond donors (Lipinski definition) is 0. The molecule has 21 heavy (non-hydrogen) atoms. The van der Waals surface area contributed by atoms with Gasteiger partial charge in [-0.1, -0.05) is 23.8 Å². The van der Waals surface area contributed by atoms with Gasteiger partial charge in [-0.2, -0.15) is 0 Å². The van der Waals surface area contributed by atoms with Gasteiger partial charge in [0.05, 0.1) is 23.6 Å². The minimum atomic E-state index is -3.01. The first-order valence-corrected chi connectivity index (χ1v) is 9.14. The Bertz CT molecular complexity index is 682. The highest BCUT2D eigenvalue weighted by Crippen LogP contribution is 2.35. The van der Waals surface area contributed by atoms with E-state index >= 15 is 0 Å². The fourth-order valence-electron chi connectivity index (χ4n) is 3.14. The zero-order chi connectivity index (χ0) is 15.2. The highest BCUT2D eigenvalue weighted by atomic mass is 32.2. The first-order chi connectivity index (χ1) is 9.93. The van der Waals surface area contributed by atoms with Crippen LogP contribution >= 0.6 is 12.2 Å². The normalized spacial score (nSPS) is 27.0. The summed E-state index contributed by atoms with van der Waals surface area (Å²) in [6, 6.07) is 7.88. The number of nitrogens with zero attached hydrogens (tertiary/aromatic N) is 2. The lowest BCUT2D eigenvalue weighted by atomic mass is 10.1. The molecule has 0 unspecified atom stereocenters. The van der Waals surface area contributed by atoms with E-state index in [2.05, 4.69) is 6.58 Å². The third kappa shape index (κ3) is 2.46. The van der Waals surface area contributed by atoms with E-state index in [9.17, 15) is 8.42 Å². The molecule has 0 amide bonds. The Labute approximate surface area is 131 Å². The predicted molar refractivity (Wildman–Crippen MR) is 89.4 cm³/mol. The van der Waals surface area contributed by atoms with E-state index in [4.69, 9.17) is 12.2 Å². The number of sulfone groups is 1. The molecule has 1 aromatic rings. The molecule has 2 atom stereocenters. The van der Waals surface area contributed by atoms with E-state index < -0.39 is 9.84 Å².